The van der Waals surface area contributed by atoms with Crippen LogP contribution in [0.25, 0.3) is 0 Å². The summed E-state index contributed by atoms with van der Waals surface area (Å²) < 4.78 is 26.9. The summed E-state index contributed by atoms with van der Waals surface area (Å²) >= 11 is 6.21. The Bertz CT molecular complexity index is 926. The molecule has 7 heteroatoms. The van der Waals surface area contributed by atoms with Crippen LogP contribution in [0.4, 0.5) is 0 Å². The van der Waals surface area contributed by atoms with E-state index in [2.05, 4.69) is 19.2 Å². The number of sulfonamides is 1. The lowest BCUT2D eigenvalue weighted by Gasteiger charge is -2.22. The molecule has 0 saturated carbocycles. The van der Waals surface area contributed by atoms with Crippen molar-refractivity contribution >= 4 is 27.5 Å². The summed E-state index contributed by atoms with van der Waals surface area (Å²) in [6, 6.07) is 14.3. The summed E-state index contributed by atoms with van der Waals surface area (Å²) in [5.74, 6) is 0.0808. The molecular weight excluding hydrogens is 408 g/mol. The van der Waals surface area contributed by atoms with Gasteiger partial charge >= 0.3 is 0 Å². The largest absolute Gasteiger partial charge is 0.351 e. The molecule has 0 heterocycles. The normalized spacial score (nSPS) is 12.9. The first-order valence-electron chi connectivity index (χ1n) is 9.85. The number of hydrogen-bond donors (Lipinski definition) is 1. The van der Waals surface area contributed by atoms with Gasteiger partial charge < -0.3 is 5.32 Å². The molecule has 0 spiro atoms. The highest BCUT2D eigenvalue weighted by Gasteiger charge is 2.24. The molecule has 0 fully saturated rings. The summed E-state index contributed by atoms with van der Waals surface area (Å²) in [4.78, 5) is 12.9. The molecule has 0 bridgehead atoms. The van der Waals surface area contributed by atoms with E-state index in [4.69, 9.17) is 11.6 Å². The van der Waals surface area contributed by atoms with Gasteiger partial charge in [0.25, 0.3) is 5.91 Å². The molecular formula is C22H29ClN2O3S. The van der Waals surface area contributed by atoms with Crippen molar-refractivity contribution in [3.05, 3.63) is 64.7 Å². The van der Waals surface area contributed by atoms with E-state index < -0.39 is 10.0 Å². The molecule has 2 aromatic carbocycles. The van der Waals surface area contributed by atoms with Crippen molar-refractivity contribution in [2.75, 3.05) is 19.6 Å². The van der Waals surface area contributed by atoms with Crippen LogP contribution < -0.4 is 5.32 Å². The minimum atomic E-state index is -3.67. The van der Waals surface area contributed by atoms with Gasteiger partial charge in [-0.05, 0) is 29.7 Å². The highest BCUT2D eigenvalue weighted by molar-refractivity contribution is 7.89. The standard InChI is InChI=1S/C22H29ClN2O3S/c1-5-25(6-2)29(27,28)18-12-13-21(23)19(14-18)22(26)24-15-20(16(3)4)17-10-8-7-9-11-17/h7-14,16,20H,5-6,15H2,1-4H3,(H,24,26). The van der Waals surface area contributed by atoms with E-state index in [1.807, 2.05) is 30.3 Å². The second kappa shape index (κ2) is 10.2. The average Bonchev–Trinajstić information content (AvgIpc) is 2.69. The van der Waals surface area contributed by atoms with Gasteiger partial charge in [0.2, 0.25) is 10.0 Å². The Morgan fingerprint density at radius 1 is 1.07 bits per heavy atom. The van der Waals surface area contributed by atoms with E-state index in [-0.39, 0.29) is 27.3 Å². The number of amides is 1. The first-order chi connectivity index (χ1) is 13.7. The van der Waals surface area contributed by atoms with Crippen LogP contribution in [-0.2, 0) is 10.0 Å². The van der Waals surface area contributed by atoms with Crippen LogP contribution in [-0.4, -0.2) is 38.3 Å². The highest BCUT2D eigenvalue weighted by Crippen LogP contribution is 2.25. The molecule has 29 heavy (non-hydrogen) atoms. The lowest BCUT2D eigenvalue weighted by Crippen LogP contribution is -2.32. The summed E-state index contributed by atoms with van der Waals surface area (Å²) in [7, 11) is -3.67. The van der Waals surface area contributed by atoms with Crippen molar-refractivity contribution < 1.29 is 13.2 Å². The topological polar surface area (TPSA) is 66.5 Å². The lowest BCUT2D eigenvalue weighted by atomic mass is 9.88. The highest BCUT2D eigenvalue weighted by atomic mass is 35.5. The number of nitrogens with zero attached hydrogens (tertiary/aromatic N) is 1. The van der Waals surface area contributed by atoms with Crippen molar-refractivity contribution in [3.63, 3.8) is 0 Å². The zero-order valence-corrected chi connectivity index (χ0v) is 18.9. The van der Waals surface area contributed by atoms with Gasteiger partial charge in [-0.2, -0.15) is 4.31 Å². The van der Waals surface area contributed by atoms with E-state index in [0.29, 0.717) is 25.6 Å². The monoisotopic (exact) mass is 436 g/mol. The quantitative estimate of drug-likeness (QED) is 0.627. The fraction of sp³-hybridized carbons (Fsp3) is 0.409. The molecule has 5 nitrogen and oxygen atoms in total. The number of carbonyl (C=O) groups is 1. The van der Waals surface area contributed by atoms with E-state index in [1.165, 1.54) is 22.5 Å². The number of hydrogen-bond acceptors (Lipinski definition) is 3. The first-order valence-corrected chi connectivity index (χ1v) is 11.7. The van der Waals surface area contributed by atoms with Gasteiger partial charge in [0.1, 0.15) is 0 Å². The first kappa shape index (κ1) is 23.4. The minimum Gasteiger partial charge on any atom is -0.351 e. The maximum Gasteiger partial charge on any atom is 0.252 e. The third-order valence-electron chi connectivity index (χ3n) is 5.04. The Balaban J connectivity index is 2.25. The molecule has 1 atom stereocenters. The van der Waals surface area contributed by atoms with Crippen LogP contribution in [0.5, 0.6) is 0 Å². The minimum absolute atomic E-state index is 0.0687. The molecule has 1 N–H and O–H groups in total. The second-order valence-electron chi connectivity index (χ2n) is 7.20. The molecule has 0 aromatic heterocycles. The molecule has 1 unspecified atom stereocenters. The molecule has 0 aliphatic heterocycles. The average molecular weight is 437 g/mol. The summed E-state index contributed by atoms with van der Waals surface area (Å²) in [5.41, 5.74) is 1.31. The van der Waals surface area contributed by atoms with E-state index in [0.717, 1.165) is 5.56 Å². The third kappa shape index (κ3) is 5.59. The lowest BCUT2D eigenvalue weighted by molar-refractivity contribution is 0.0949. The van der Waals surface area contributed by atoms with Crippen molar-refractivity contribution in [2.45, 2.75) is 38.5 Å². The zero-order chi connectivity index (χ0) is 21.6. The fourth-order valence-electron chi connectivity index (χ4n) is 3.29. The second-order valence-corrected chi connectivity index (χ2v) is 9.55. The Morgan fingerprint density at radius 3 is 2.24 bits per heavy atom. The number of nitrogens with one attached hydrogen (secondary N) is 1. The number of benzene rings is 2. The fourth-order valence-corrected chi connectivity index (χ4v) is 4.98. The molecule has 1 amide bonds. The Labute approximate surface area is 179 Å². The van der Waals surface area contributed by atoms with Gasteiger partial charge in [0.05, 0.1) is 15.5 Å². The van der Waals surface area contributed by atoms with Gasteiger partial charge in [-0.25, -0.2) is 8.42 Å². The maximum absolute atomic E-state index is 12.8. The van der Waals surface area contributed by atoms with Crippen LogP contribution >= 0.6 is 11.6 Å². The molecule has 0 aliphatic rings. The van der Waals surface area contributed by atoms with Crippen molar-refractivity contribution in [3.8, 4) is 0 Å². The van der Waals surface area contributed by atoms with Crippen molar-refractivity contribution in [1.82, 2.24) is 9.62 Å². The summed E-state index contributed by atoms with van der Waals surface area (Å²) in [6.45, 7) is 8.92. The van der Waals surface area contributed by atoms with Gasteiger partial charge in [-0.15, -0.1) is 0 Å². The van der Waals surface area contributed by atoms with E-state index in [1.54, 1.807) is 13.8 Å². The Hall–Kier alpha value is -1.89. The van der Waals surface area contributed by atoms with Crippen LogP contribution in [0, 0.1) is 5.92 Å². The van der Waals surface area contributed by atoms with Crippen LogP contribution in [0.15, 0.2) is 53.4 Å². The smallest absolute Gasteiger partial charge is 0.252 e. The van der Waals surface area contributed by atoms with Crippen molar-refractivity contribution in [2.24, 2.45) is 5.92 Å². The van der Waals surface area contributed by atoms with Crippen LogP contribution in [0.2, 0.25) is 5.02 Å². The molecule has 0 aliphatic carbocycles. The van der Waals surface area contributed by atoms with Gasteiger partial charge in [-0.1, -0.05) is 69.6 Å². The van der Waals surface area contributed by atoms with E-state index >= 15 is 0 Å². The molecule has 2 aromatic rings. The Kier molecular flexibility index (Phi) is 8.25. The maximum atomic E-state index is 12.8. The van der Waals surface area contributed by atoms with Gasteiger partial charge in [0, 0.05) is 25.6 Å². The van der Waals surface area contributed by atoms with E-state index in [9.17, 15) is 13.2 Å². The Morgan fingerprint density at radius 2 is 1.69 bits per heavy atom. The van der Waals surface area contributed by atoms with Gasteiger partial charge in [-0.3, -0.25) is 4.79 Å². The van der Waals surface area contributed by atoms with Crippen molar-refractivity contribution in [1.29, 1.82) is 0 Å². The predicted octanol–water partition coefficient (Wildman–Crippen LogP) is 4.54. The number of halogens is 1. The molecule has 0 saturated heterocycles. The summed E-state index contributed by atoms with van der Waals surface area (Å²) in [5, 5.41) is 3.15. The molecule has 0 radical (unpaired) electrons. The summed E-state index contributed by atoms with van der Waals surface area (Å²) in [6.07, 6.45) is 0. The van der Waals surface area contributed by atoms with Gasteiger partial charge in [0.15, 0.2) is 0 Å². The zero-order valence-electron chi connectivity index (χ0n) is 17.4. The predicted molar refractivity (Wildman–Crippen MR) is 118 cm³/mol. The van der Waals surface area contributed by atoms with Crippen LogP contribution in [0.3, 0.4) is 0 Å². The number of rotatable bonds is 9. The van der Waals surface area contributed by atoms with Crippen LogP contribution in [0.1, 0.15) is 49.5 Å². The molecule has 158 valence electrons. The SMILES string of the molecule is CCN(CC)S(=O)(=O)c1ccc(Cl)c(C(=O)NCC(c2ccccc2)C(C)C)c1. The third-order valence-corrected chi connectivity index (χ3v) is 7.42. The molecule has 2 rings (SSSR count). The number of carbonyl (C=O) groups excluding carboxylic acids is 1.